The number of carbonyl (C=O) groups is 1. The Kier molecular flexibility index (Phi) is 4.01. The zero-order valence-corrected chi connectivity index (χ0v) is 15.5. The fourth-order valence-corrected chi connectivity index (χ4v) is 3.19. The molecule has 0 aliphatic carbocycles. The van der Waals surface area contributed by atoms with Crippen LogP contribution in [-0.4, -0.2) is 33.6 Å². The Morgan fingerprint density at radius 1 is 1.19 bits per heavy atom. The first-order chi connectivity index (χ1) is 12.1. The monoisotopic (exact) mass is 358 g/mol. The first-order valence-corrected chi connectivity index (χ1v) is 8.26. The van der Waals surface area contributed by atoms with Crippen LogP contribution in [0.25, 0.3) is 0 Å². The highest BCUT2D eigenvalue weighted by Gasteiger charge is 2.53. The van der Waals surface area contributed by atoms with Gasteiger partial charge in [-0.1, -0.05) is 0 Å². The summed E-state index contributed by atoms with van der Waals surface area (Å²) in [5, 5.41) is 7.29. The molecule has 0 unspecified atom stereocenters. The summed E-state index contributed by atoms with van der Waals surface area (Å²) >= 11 is 0. The van der Waals surface area contributed by atoms with Gasteiger partial charge in [-0.2, -0.15) is 5.10 Å². The van der Waals surface area contributed by atoms with Crippen molar-refractivity contribution < 1.29 is 9.18 Å². The van der Waals surface area contributed by atoms with Gasteiger partial charge < -0.3 is 11.1 Å². The Morgan fingerprint density at radius 2 is 1.88 bits per heavy atom. The second-order valence-electron chi connectivity index (χ2n) is 7.19. The highest BCUT2D eigenvalue weighted by atomic mass is 19.1. The largest absolute Gasteiger partial charge is 0.369 e. The molecule has 1 aromatic carbocycles. The van der Waals surface area contributed by atoms with Crippen LogP contribution in [0, 0.1) is 11.2 Å². The molecule has 1 aliphatic heterocycles. The molecule has 8 heteroatoms. The van der Waals surface area contributed by atoms with E-state index in [1.54, 1.807) is 57.9 Å². The third kappa shape index (κ3) is 2.53. The van der Waals surface area contributed by atoms with E-state index in [0.29, 0.717) is 11.3 Å². The van der Waals surface area contributed by atoms with Crippen LogP contribution in [0.15, 0.2) is 35.5 Å². The van der Waals surface area contributed by atoms with Gasteiger partial charge in [0.1, 0.15) is 17.2 Å². The molecule has 2 heterocycles. The molecule has 0 bridgehead atoms. The van der Waals surface area contributed by atoms with Crippen molar-refractivity contribution in [2.45, 2.75) is 26.3 Å². The van der Waals surface area contributed by atoms with E-state index in [-0.39, 0.29) is 11.9 Å². The minimum absolute atomic E-state index is 0.0706. The maximum absolute atomic E-state index is 14.8. The highest BCUT2D eigenvalue weighted by Crippen LogP contribution is 2.47. The summed E-state index contributed by atoms with van der Waals surface area (Å²) in [5.41, 5.74) is 4.78. The van der Waals surface area contributed by atoms with E-state index in [1.807, 2.05) is 6.07 Å². The van der Waals surface area contributed by atoms with Crippen molar-refractivity contribution in [2.24, 2.45) is 23.2 Å². The minimum atomic E-state index is -1.14. The number of nitrogens with one attached hydrogen (secondary N) is 1. The summed E-state index contributed by atoms with van der Waals surface area (Å²) in [6.07, 6.45) is 1.66. The lowest BCUT2D eigenvalue weighted by atomic mass is 9.67. The molecule has 3 N–H and O–H groups in total. The Morgan fingerprint density at radius 3 is 2.50 bits per heavy atom. The number of halogens is 1. The molecule has 1 aromatic heterocycles. The molecule has 2 aromatic rings. The topological polar surface area (TPSA) is 88.5 Å². The van der Waals surface area contributed by atoms with Gasteiger partial charge in [0.05, 0.1) is 11.6 Å². The molecule has 26 heavy (non-hydrogen) atoms. The summed E-state index contributed by atoms with van der Waals surface area (Å²) < 4.78 is 16.4. The maximum atomic E-state index is 14.8. The van der Waals surface area contributed by atoms with E-state index in [1.165, 1.54) is 11.0 Å². The summed E-state index contributed by atoms with van der Waals surface area (Å²) in [7, 11) is 3.37. The molecule has 3 rings (SSSR count). The molecule has 0 radical (unpaired) electrons. The number of rotatable bonds is 3. The molecule has 7 nitrogen and oxygen atoms in total. The van der Waals surface area contributed by atoms with Gasteiger partial charge in [0, 0.05) is 31.4 Å². The Hall–Kier alpha value is -2.90. The number of aromatic nitrogens is 2. The number of aliphatic imine (C=N–C) groups is 1. The van der Waals surface area contributed by atoms with Crippen LogP contribution < -0.4 is 11.1 Å². The molecule has 0 saturated carbocycles. The summed E-state index contributed by atoms with van der Waals surface area (Å²) in [6.45, 7) is 5.24. The lowest BCUT2D eigenvalue weighted by Crippen LogP contribution is -2.58. The van der Waals surface area contributed by atoms with E-state index in [9.17, 15) is 9.18 Å². The van der Waals surface area contributed by atoms with E-state index in [4.69, 9.17) is 5.73 Å². The van der Waals surface area contributed by atoms with Crippen molar-refractivity contribution in [3.8, 4) is 0 Å². The smallest absolute Gasteiger partial charge is 0.237 e. The van der Waals surface area contributed by atoms with Crippen molar-refractivity contribution in [2.75, 3.05) is 12.4 Å². The third-order valence-corrected chi connectivity index (χ3v) is 5.32. The van der Waals surface area contributed by atoms with Crippen LogP contribution in [0.3, 0.4) is 0 Å². The first-order valence-electron chi connectivity index (χ1n) is 8.26. The van der Waals surface area contributed by atoms with E-state index in [0.717, 1.165) is 5.82 Å². The van der Waals surface area contributed by atoms with Crippen LogP contribution in [0.5, 0.6) is 0 Å². The molecule has 1 amide bonds. The van der Waals surface area contributed by atoms with Gasteiger partial charge in [-0.15, -0.1) is 0 Å². The number of amides is 1. The summed E-state index contributed by atoms with van der Waals surface area (Å²) in [5.74, 6) is 0.178. The van der Waals surface area contributed by atoms with Crippen molar-refractivity contribution in [1.82, 2.24) is 14.7 Å². The molecule has 1 aliphatic rings. The predicted molar refractivity (Wildman–Crippen MR) is 98.4 cm³/mol. The van der Waals surface area contributed by atoms with Gasteiger partial charge in [-0.05, 0) is 39.0 Å². The number of hydrogen-bond acceptors (Lipinski definition) is 5. The van der Waals surface area contributed by atoms with Crippen LogP contribution >= 0.6 is 0 Å². The number of carbonyl (C=O) groups excluding carboxylic acids is 1. The SMILES string of the molecule is CN1C(=O)C(C)(C)[C@@](C)(c2cc(Nc3ccnn3C)ccc2F)N=C1N. The molecule has 1 atom stereocenters. The molecule has 138 valence electrons. The van der Waals surface area contributed by atoms with Crippen molar-refractivity contribution in [3.05, 3.63) is 41.8 Å². The van der Waals surface area contributed by atoms with Crippen molar-refractivity contribution >= 4 is 23.4 Å². The number of benzene rings is 1. The maximum Gasteiger partial charge on any atom is 0.237 e. The second kappa shape index (κ2) is 5.82. The molecular weight excluding hydrogens is 335 g/mol. The average Bonchev–Trinajstić information content (AvgIpc) is 2.98. The Balaban J connectivity index is 2.12. The van der Waals surface area contributed by atoms with Crippen LogP contribution in [0.2, 0.25) is 0 Å². The van der Waals surface area contributed by atoms with Crippen LogP contribution in [0.4, 0.5) is 15.9 Å². The summed E-state index contributed by atoms with van der Waals surface area (Å²) in [6, 6.07) is 6.47. The quantitative estimate of drug-likeness (QED) is 0.881. The van der Waals surface area contributed by atoms with Gasteiger partial charge in [-0.25, -0.2) is 9.38 Å². The number of nitrogens with two attached hydrogens (primary N) is 1. The number of anilines is 2. The molecular formula is C18H23FN6O. The van der Waals surface area contributed by atoms with Gasteiger partial charge >= 0.3 is 0 Å². The van der Waals surface area contributed by atoms with Crippen LogP contribution in [-0.2, 0) is 17.4 Å². The number of guanidine groups is 1. The second-order valence-corrected chi connectivity index (χ2v) is 7.19. The van der Waals surface area contributed by atoms with Gasteiger partial charge in [-0.3, -0.25) is 14.4 Å². The minimum Gasteiger partial charge on any atom is -0.369 e. The van der Waals surface area contributed by atoms with Gasteiger partial charge in [0.25, 0.3) is 0 Å². The average molecular weight is 358 g/mol. The molecule has 0 spiro atoms. The Bertz CT molecular complexity index is 903. The van der Waals surface area contributed by atoms with Gasteiger partial charge in [0.15, 0.2) is 5.96 Å². The highest BCUT2D eigenvalue weighted by molar-refractivity contribution is 6.01. The molecule has 0 fully saturated rings. The fourth-order valence-electron chi connectivity index (χ4n) is 3.19. The van der Waals surface area contributed by atoms with E-state index in [2.05, 4.69) is 15.4 Å². The normalized spacial score (nSPS) is 22.3. The predicted octanol–water partition coefficient (Wildman–Crippen LogP) is 2.33. The first kappa shape index (κ1) is 17.9. The standard InChI is InChI=1S/C18H23FN6O/c1-17(2)15(26)24(4)16(20)23-18(17,3)12-10-11(6-7-13(12)19)22-14-8-9-21-25(14)5/h6-10,22H,1-5H3,(H2,20,23)/t18-/m1/s1. The number of hydrogen-bond donors (Lipinski definition) is 2. The summed E-state index contributed by atoms with van der Waals surface area (Å²) in [4.78, 5) is 18.6. The zero-order chi connectivity index (χ0) is 19.3. The Labute approximate surface area is 151 Å². The third-order valence-electron chi connectivity index (χ3n) is 5.32. The molecule has 0 saturated heterocycles. The van der Waals surface area contributed by atoms with Gasteiger partial charge in [0.2, 0.25) is 5.91 Å². The lowest BCUT2D eigenvalue weighted by Gasteiger charge is -2.46. The van der Waals surface area contributed by atoms with E-state index >= 15 is 0 Å². The van der Waals surface area contributed by atoms with Crippen molar-refractivity contribution in [1.29, 1.82) is 0 Å². The number of nitrogens with zero attached hydrogens (tertiary/aromatic N) is 4. The van der Waals surface area contributed by atoms with E-state index < -0.39 is 16.8 Å². The fraction of sp³-hybridized carbons (Fsp3) is 0.389. The number of aryl methyl sites for hydroxylation is 1. The lowest BCUT2D eigenvalue weighted by molar-refractivity contribution is -0.140. The zero-order valence-electron chi connectivity index (χ0n) is 15.5. The van der Waals surface area contributed by atoms with Crippen LogP contribution in [0.1, 0.15) is 26.3 Å². The van der Waals surface area contributed by atoms with Crippen molar-refractivity contribution in [3.63, 3.8) is 0 Å².